The zero-order valence-corrected chi connectivity index (χ0v) is 13.2. The Balaban J connectivity index is 2.22. The van der Waals surface area contributed by atoms with Crippen LogP contribution < -0.4 is 5.32 Å². The number of nitro benzene ring substituents is 1. The van der Waals surface area contributed by atoms with Gasteiger partial charge in [-0.1, -0.05) is 28.1 Å². The zero-order chi connectivity index (χ0) is 14.5. The first-order chi connectivity index (χ1) is 9.61. The predicted molar refractivity (Wildman–Crippen MR) is 86.3 cm³/mol. The van der Waals surface area contributed by atoms with Gasteiger partial charge >= 0.3 is 0 Å². The third kappa shape index (κ3) is 3.52. The number of para-hydroxylation sites is 1. The largest absolute Gasteiger partial charge is 0.380 e. The minimum absolute atomic E-state index is 0.127. The molecule has 2 aromatic carbocycles. The smallest absolute Gasteiger partial charge is 0.274 e. The van der Waals surface area contributed by atoms with Crippen molar-refractivity contribution in [3.63, 3.8) is 0 Å². The highest BCUT2D eigenvalue weighted by Gasteiger charge is 2.13. The number of thioether (sulfide) groups is 1. The molecule has 0 aromatic heterocycles. The molecule has 104 valence electrons. The van der Waals surface area contributed by atoms with Crippen molar-refractivity contribution < 1.29 is 4.92 Å². The standard InChI is InChI=1S/C14H13BrN2O2S/c1-20-14-5-3-2-4-12(14)16-9-10-8-11(15)6-7-13(10)17(18)19/h2-8,16H,9H2,1H3. The van der Waals surface area contributed by atoms with Gasteiger partial charge in [-0.2, -0.15) is 0 Å². The van der Waals surface area contributed by atoms with Crippen LogP contribution in [0.3, 0.4) is 0 Å². The second-order valence-electron chi connectivity index (χ2n) is 4.08. The summed E-state index contributed by atoms with van der Waals surface area (Å²) in [6, 6.07) is 12.9. The first kappa shape index (κ1) is 14.9. The monoisotopic (exact) mass is 352 g/mol. The molecule has 0 fully saturated rings. The Morgan fingerprint density at radius 1 is 1.30 bits per heavy atom. The molecular weight excluding hydrogens is 340 g/mol. The number of halogens is 1. The molecule has 0 aliphatic rings. The number of anilines is 1. The summed E-state index contributed by atoms with van der Waals surface area (Å²) in [5.41, 5.74) is 1.76. The Bertz CT molecular complexity index is 634. The van der Waals surface area contributed by atoms with Crippen LogP contribution in [0.5, 0.6) is 0 Å². The molecule has 0 aliphatic carbocycles. The fourth-order valence-corrected chi connectivity index (χ4v) is 2.84. The summed E-state index contributed by atoms with van der Waals surface area (Å²) in [5.74, 6) is 0. The van der Waals surface area contributed by atoms with E-state index in [2.05, 4.69) is 21.2 Å². The van der Waals surface area contributed by atoms with Gasteiger partial charge in [-0.15, -0.1) is 11.8 Å². The van der Waals surface area contributed by atoms with Crippen molar-refractivity contribution in [1.82, 2.24) is 0 Å². The average Bonchev–Trinajstić information content (AvgIpc) is 2.45. The van der Waals surface area contributed by atoms with Gasteiger partial charge in [0.1, 0.15) is 0 Å². The van der Waals surface area contributed by atoms with Crippen LogP contribution >= 0.6 is 27.7 Å². The van der Waals surface area contributed by atoms with Crippen LogP contribution in [0.25, 0.3) is 0 Å². The number of hydrogen-bond donors (Lipinski definition) is 1. The molecule has 0 unspecified atom stereocenters. The summed E-state index contributed by atoms with van der Waals surface area (Å²) >= 11 is 4.98. The quantitative estimate of drug-likeness (QED) is 0.481. The molecule has 4 nitrogen and oxygen atoms in total. The van der Waals surface area contributed by atoms with Gasteiger partial charge in [0.05, 0.1) is 4.92 Å². The van der Waals surface area contributed by atoms with Crippen molar-refractivity contribution in [2.45, 2.75) is 11.4 Å². The second-order valence-corrected chi connectivity index (χ2v) is 5.85. The molecule has 0 spiro atoms. The maximum Gasteiger partial charge on any atom is 0.274 e. The number of nitrogens with one attached hydrogen (secondary N) is 1. The molecule has 20 heavy (non-hydrogen) atoms. The van der Waals surface area contributed by atoms with Crippen LogP contribution in [-0.2, 0) is 6.54 Å². The van der Waals surface area contributed by atoms with E-state index in [9.17, 15) is 10.1 Å². The molecule has 1 N–H and O–H groups in total. The summed E-state index contributed by atoms with van der Waals surface area (Å²) in [5, 5.41) is 14.3. The van der Waals surface area contributed by atoms with Crippen LogP contribution in [0.4, 0.5) is 11.4 Å². The summed E-state index contributed by atoms with van der Waals surface area (Å²) < 4.78 is 0.832. The number of rotatable bonds is 5. The van der Waals surface area contributed by atoms with E-state index in [4.69, 9.17) is 0 Å². The van der Waals surface area contributed by atoms with Crippen LogP contribution in [-0.4, -0.2) is 11.2 Å². The number of hydrogen-bond acceptors (Lipinski definition) is 4. The Morgan fingerprint density at radius 2 is 2.05 bits per heavy atom. The van der Waals surface area contributed by atoms with Crippen LogP contribution in [0, 0.1) is 10.1 Å². The molecule has 6 heteroatoms. The van der Waals surface area contributed by atoms with Gasteiger partial charge in [0.2, 0.25) is 0 Å². The summed E-state index contributed by atoms with van der Waals surface area (Å²) in [4.78, 5) is 11.8. The van der Waals surface area contributed by atoms with Gasteiger partial charge in [-0.3, -0.25) is 10.1 Å². The molecule has 0 atom stereocenters. The summed E-state index contributed by atoms with van der Waals surface area (Å²) in [7, 11) is 0. The van der Waals surface area contributed by atoms with Crippen molar-refractivity contribution in [1.29, 1.82) is 0 Å². The fraction of sp³-hybridized carbons (Fsp3) is 0.143. The number of nitrogens with zero attached hydrogens (tertiary/aromatic N) is 1. The highest BCUT2D eigenvalue weighted by atomic mass is 79.9. The second kappa shape index (κ2) is 6.76. The van der Waals surface area contributed by atoms with Gasteiger partial charge in [-0.25, -0.2) is 0 Å². The van der Waals surface area contributed by atoms with Crippen LogP contribution in [0.2, 0.25) is 0 Å². The van der Waals surface area contributed by atoms with Gasteiger partial charge in [0.15, 0.2) is 0 Å². The Hall–Kier alpha value is -1.53. The Kier molecular flexibility index (Phi) is 5.03. The zero-order valence-electron chi connectivity index (χ0n) is 10.8. The normalized spacial score (nSPS) is 10.3. The third-order valence-corrected chi connectivity index (χ3v) is 4.10. The molecule has 0 heterocycles. The third-order valence-electron chi connectivity index (χ3n) is 2.81. The molecule has 2 rings (SSSR count). The lowest BCUT2D eigenvalue weighted by Gasteiger charge is -2.10. The van der Waals surface area contributed by atoms with E-state index in [1.54, 1.807) is 23.9 Å². The molecule has 0 amide bonds. The van der Waals surface area contributed by atoms with Gasteiger partial charge in [0.25, 0.3) is 5.69 Å². The fourth-order valence-electron chi connectivity index (χ4n) is 1.85. The van der Waals surface area contributed by atoms with Crippen LogP contribution in [0.15, 0.2) is 51.8 Å². The van der Waals surface area contributed by atoms with E-state index in [0.29, 0.717) is 12.1 Å². The maximum atomic E-state index is 11.0. The topological polar surface area (TPSA) is 55.2 Å². The van der Waals surface area contributed by atoms with Gasteiger partial charge < -0.3 is 5.32 Å². The summed E-state index contributed by atoms with van der Waals surface area (Å²) in [6.07, 6.45) is 2.00. The van der Waals surface area contributed by atoms with Crippen molar-refractivity contribution in [3.8, 4) is 0 Å². The first-order valence-electron chi connectivity index (χ1n) is 5.91. The van der Waals surface area contributed by atoms with Crippen molar-refractivity contribution in [2.24, 2.45) is 0 Å². The molecular formula is C14H13BrN2O2S. The SMILES string of the molecule is CSc1ccccc1NCc1cc(Br)ccc1[N+](=O)[O-]. The Morgan fingerprint density at radius 3 is 2.75 bits per heavy atom. The Labute approximate surface area is 129 Å². The molecule has 0 saturated heterocycles. The highest BCUT2D eigenvalue weighted by Crippen LogP contribution is 2.27. The van der Waals surface area contributed by atoms with Crippen molar-refractivity contribution in [3.05, 3.63) is 62.6 Å². The number of benzene rings is 2. The predicted octanol–water partition coefficient (Wildman–Crippen LogP) is 4.69. The van der Waals surface area contributed by atoms with Crippen molar-refractivity contribution >= 4 is 39.1 Å². The molecule has 2 aromatic rings. The molecule has 0 aliphatic heterocycles. The van der Waals surface area contributed by atoms with E-state index in [1.165, 1.54) is 6.07 Å². The van der Waals surface area contributed by atoms with Crippen molar-refractivity contribution in [2.75, 3.05) is 11.6 Å². The number of nitro groups is 1. The van der Waals surface area contributed by atoms with E-state index in [-0.39, 0.29) is 10.6 Å². The molecule has 0 saturated carbocycles. The van der Waals surface area contributed by atoms with E-state index in [1.807, 2.05) is 30.5 Å². The molecule has 0 radical (unpaired) electrons. The lowest BCUT2D eigenvalue weighted by Crippen LogP contribution is -2.04. The average molecular weight is 353 g/mol. The van der Waals surface area contributed by atoms with E-state index < -0.39 is 0 Å². The minimum Gasteiger partial charge on any atom is -0.380 e. The molecule has 0 bridgehead atoms. The van der Waals surface area contributed by atoms with E-state index in [0.717, 1.165) is 15.1 Å². The highest BCUT2D eigenvalue weighted by molar-refractivity contribution is 9.10. The van der Waals surface area contributed by atoms with Gasteiger partial charge in [-0.05, 0) is 30.5 Å². The lowest BCUT2D eigenvalue weighted by atomic mass is 10.2. The summed E-state index contributed by atoms with van der Waals surface area (Å²) in [6.45, 7) is 0.410. The minimum atomic E-state index is -0.357. The van der Waals surface area contributed by atoms with E-state index >= 15 is 0 Å². The first-order valence-corrected chi connectivity index (χ1v) is 7.93. The lowest BCUT2D eigenvalue weighted by molar-refractivity contribution is -0.385. The van der Waals surface area contributed by atoms with Gasteiger partial charge in [0, 0.05) is 33.2 Å². The maximum absolute atomic E-state index is 11.0. The van der Waals surface area contributed by atoms with Crippen LogP contribution in [0.1, 0.15) is 5.56 Å².